The monoisotopic (exact) mass is 199 g/mol. The zero-order valence-electron chi connectivity index (χ0n) is 7.49. The third-order valence-electron chi connectivity index (χ3n) is 1.69. The van der Waals surface area contributed by atoms with Gasteiger partial charge in [0.25, 0.3) is 0 Å². The van der Waals surface area contributed by atoms with E-state index in [-0.39, 0.29) is 12.4 Å². The normalized spacial score (nSPS) is 12.8. The highest BCUT2D eigenvalue weighted by atomic mass is 32.2. The van der Waals surface area contributed by atoms with Crippen molar-refractivity contribution in [1.29, 1.82) is 0 Å². The van der Waals surface area contributed by atoms with Gasteiger partial charge in [-0.15, -0.1) is 0 Å². The van der Waals surface area contributed by atoms with E-state index in [9.17, 15) is 4.21 Å². The number of nitrogen functional groups attached to an aromatic ring is 1. The lowest BCUT2D eigenvalue weighted by atomic mass is 10.2. The molecule has 0 amide bonds. The van der Waals surface area contributed by atoms with Crippen molar-refractivity contribution in [2.75, 3.05) is 18.1 Å². The number of rotatable bonds is 3. The fraction of sp³-hybridized carbons (Fsp3) is 0.333. The fourth-order valence-corrected chi connectivity index (χ4v) is 2.00. The first kappa shape index (κ1) is 10.2. The van der Waals surface area contributed by atoms with Crippen LogP contribution in [0.3, 0.4) is 0 Å². The van der Waals surface area contributed by atoms with Gasteiger partial charge in [0.1, 0.15) is 0 Å². The molecule has 0 saturated heterocycles. The minimum atomic E-state index is -1.18. The number of nitrogens with two attached hydrogens (primary N) is 1. The first-order valence-corrected chi connectivity index (χ1v) is 5.32. The Morgan fingerprint density at radius 2 is 2.23 bits per heavy atom. The van der Waals surface area contributed by atoms with Crippen LogP contribution in [-0.4, -0.2) is 21.7 Å². The van der Waals surface area contributed by atoms with Gasteiger partial charge in [-0.25, -0.2) is 0 Å². The molecule has 0 aliphatic heterocycles. The van der Waals surface area contributed by atoms with E-state index in [4.69, 9.17) is 10.8 Å². The van der Waals surface area contributed by atoms with E-state index >= 15 is 0 Å². The molecule has 1 aromatic carbocycles. The van der Waals surface area contributed by atoms with Crippen LogP contribution < -0.4 is 5.73 Å². The van der Waals surface area contributed by atoms with E-state index in [0.717, 1.165) is 5.56 Å². The Hall–Kier alpha value is -0.870. The predicted molar refractivity (Wildman–Crippen MR) is 54.0 cm³/mol. The molecule has 0 radical (unpaired) electrons. The Balaban J connectivity index is 2.95. The van der Waals surface area contributed by atoms with Crippen LogP contribution in [0.2, 0.25) is 0 Å². The van der Waals surface area contributed by atoms with Crippen LogP contribution in [0.15, 0.2) is 23.1 Å². The van der Waals surface area contributed by atoms with Gasteiger partial charge in [0.15, 0.2) is 0 Å². The maximum Gasteiger partial charge on any atom is 0.0618 e. The van der Waals surface area contributed by atoms with Crippen molar-refractivity contribution in [2.45, 2.75) is 11.8 Å². The summed E-state index contributed by atoms with van der Waals surface area (Å²) in [4.78, 5) is 0.611. The van der Waals surface area contributed by atoms with Crippen molar-refractivity contribution < 1.29 is 9.32 Å². The maximum absolute atomic E-state index is 11.4. The largest absolute Gasteiger partial charge is 0.398 e. The first-order valence-electron chi connectivity index (χ1n) is 4.00. The van der Waals surface area contributed by atoms with Gasteiger partial charge in [-0.3, -0.25) is 4.21 Å². The zero-order valence-corrected chi connectivity index (χ0v) is 8.30. The summed E-state index contributed by atoms with van der Waals surface area (Å²) in [7, 11) is -1.18. The van der Waals surface area contributed by atoms with Gasteiger partial charge in [0.2, 0.25) is 0 Å². The number of hydrogen-bond acceptors (Lipinski definition) is 3. The smallest absolute Gasteiger partial charge is 0.0618 e. The number of aliphatic hydroxyl groups excluding tert-OH is 1. The molecule has 72 valence electrons. The number of aliphatic hydroxyl groups is 1. The number of benzene rings is 1. The van der Waals surface area contributed by atoms with Crippen molar-refractivity contribution in [2.24, 2.45) is 0 Å². The van der Waals surface area contributed by atoms with Crippen molar-refractivity contribution in [3.63, 3.8) is 0 Å². The van der Waals surface area contributed by atoms with Crippen LogP contribution >= 0.6 is 0 Å². The summed E-state index contributed by atoms with van der Waals surface area (Å²) in [6.45, 7) is 1.84. The highest BCUT2D eigenvalue weighted by Gasteiger charge is 2.06. The summed E-state index contributed by atoms with van der Waals surface area (Å²) in [6.07, 6.45) is 0. The molecule has 0 spiro atoms. The Bertz CT molecular complexity index is 325. The van der Waals surface area contributed by atoms with E-state index in [1.165, 1.54) is 0 Å². The highest BCUT2D eigenvalue weighted by molar-refractivity contribution is 7.85. The SMILES string of the molecule is Cc1ccc(S(=O)CCO)c(N)c1. The Labute approximate surface area is 80.0 Å². The van der Waals surface area contributed by atoms with Crippen LogP contribution in [0.25, 0.3) is 0 Å². The Morgan fingerprint density at radius 1 is 1.54 bits per heavy atom. The summed E-state index contributed by atoms with van der Waals surface area (Å²) >= 11 is 0. The second-order valence-electron chi connectivity index (χ2n) is 2.81. The van der Waals surface area contributed by atoms with Gasteiger partial charge in [0, 0.05) is 5.69 Å². The van der Waals surface area contributed by atoms with Crippen molar-refractivity contribution in [3.05, 3.63) is 23.8 Å². The van der Waals surface area contributed by atoms with Gasteiger partial charge in [-0.1, -0.05) is 6.07 Å². The molecule has 13 heavy (non-hydrogen) atoms. The van der Waals surface area contributed by atoms with E-state index in [1.54, 1.807) is 12.1 Å². The van der Waals surface area contributed by atoms with E-state index in [2.05, 4.69) is 0 Å². The van der Waals surface area contributed by atoms with E-state index in [0.29, 0.717) is 10.6 Å². The molecule has 3 nitrogen and oxygen atoms in total. The van der Waals surface area contributed by atoms with Gasteiger partial charge in [-0.2, -0.15) is 0 Å². The summed E-state index contributed by atoms with van der Waals surface area (Å²) < 4.78 is 11.4. The van der Waals surface area contributed by atoms with Crippen LogP contribution in [0.1, 0.15) is 5.56 Å². The minimum Gasteiger partial charge on any atom is -0.398 e. The molecular weight excluding hydrogens is 186 g/mol. The van der Waals surface area contributed by atoms with Crippen LogP contribution in [0, 0.1) is 6.92 Å². The summed E-state index contributed by atoms with van der Waals surface area (Å²) in [5, 5.41) is 8.61. The van der Waals surface area contributed by atoms with Gasteiger partial charge >= 0.3 is 0 Å². The molecule has 0 bridgehead atoms. The molecule has 4 heteroatoms. The number of anilines is 1. The molecule has 1 rings (SSSR count). The molecule has 0 saturated carbocycles. The van der Waals surface area contributed by atoms with Gasteiger partial charge < -0.3 is 10.8 Å². The van der Waals surface area contributed by atoms with Crippen molar-refractivity contribution >= 4 is 16.5 Å². The lowest BCUT2D eigenvalue weighted by Gasteiger charge is -2.04. The highest BCUT2D eigenvalue weighted by Crippen LogP contribution is 2.17. The number of aryl methyl sites for hydroxylation is 1. The second kappa shape index (κ2) is 4.39. The maximum atomic E-state index is 11.4. The quantitative estimate of drug-likeness (QED) is 0.703. The minimum absolute atomic E-state index is 0.0834. The topological polar surface area (TPSA) is 63.3 Å². The average Bonchev–Trinajstić information content (AvgIpc) is 2.04. The van der Waals surface area contributed by atoms with E-state index in [1.807, 2.05) is 13.0 Å². The molecule has 0 aliphatic carbocycles. The summed E-state index contributed by atoms with van der Waals surface area (Å²) in [6, 6.07) is 5.39. The lowest BCUT2D eigenvalue weighted by molar-refractivity contribution is 0.321. The van der Waals surface area contributed by atoms with Crippen LogP contribution in [-0.2, 0) is 10.8 Å². The summed E-state index contributed by atoms with van der Waals surface area (Å²) in [5.74, 6) is 0.243. The lowest BCUT2D eigenvalue weighted by Crippen LogP contribution is -2.05. The molecule has 1 atom stereocenters. The molecule has 0 aromatic heterocycles. The van der Waals surface area contributed by atoms with Crippen molar-refractivity contribution in [3.8, 4) is 0 Å². The number of hydrogen-bond donors (Lipinski definition) is 2. The van der Waals surface area contributed by atoms with Gasteiger partial charge in [0.05, 0.1) is 28.1 Å². The molecule has 0 aliphatic rings. The van der Waals surface area contributed by atoms with Crippen LogP contribution in [0.5, 0.6) is 0 Å². The zero-order chi connectivity index (χ0) is 9.84. The Morgan fingerprint density at radius 3 is 2.77 bits per heavy atom. The molecular formula is C9H13NO2S. The van der Waals surface area contributed by atoms with Crippen molar-refractivity contribution in [1.82, 2.24) is 0 Å². The third-order valence-corrected chi connectivity index (χ3v) is 3.10. The standard InChI is InChI=1S/C9H13NO2S/c1-7-2-3-9(8(10)6-7)13(12)5-4-11/h2-3,6,11H,4-5,10H2,1H3. The van der Waals surface area contributed by atoms with Crippen LogP contribution in [0.4, 0.5) is 5.69 Å². The molecule has 1 aromatic rings. The second-order valence-corrected chi connectivity index (χ2v) is 4.35. The molecule has 3 N–H and O–H groups in total. The Kier molecular flexibility index (Phi) is 3.45. The summed E-state index contributed by atoms with van der Waals surface area (Å²) in [5.41, 5.74) is 7.26. The fourth-order valence-electron chi connectivity index (χ4n) is 1.07. The predicted octanol–water partition coefficient (Wildman–Crippen LogP) is 0.677. The van der Waals surface area contributed by atoms with Gasteiger partial charge in [-0.05, 0) is 24.6 Å². The molecule has 0 fully saturated rings. The third kappa shape index (κ3) is 2.54. The molecule has 0 heterocycles. The molecule has 1 unspecified atom stereocenters. The average molecular weight is 199 g/mol. The first-order chi connectivity index (χ1) is 6.15. The van der Waals surface area contributed by atoms with E-state index < -0.39 is 10.8 Å².